The first kappa shape index (κ1) is 16.6. The molecule has 2 rings (SSSR count). The minimum absolute atomic E-state index is 0.127. The molecule has 0 aliphatic rings. The lowest BCUT2D eigenvalue weighted by Crippen LogP contribution is -2.19. The van der Waals surface area contributed by atoms with Gasteiger partial charge in [-0.15, -0.1) is 0 Å². The van der Waals surface area contributed by atoms with E-state index >= 15 is 0 Å². The number of aryl methyl sites for hydroxylation is 1. The second kappa shape index (κ2) is 6.97. The predicted octanol–water partition coefficient (Wildman–Crippen LogP) is 4.21. The molecule has 0 saturated heterocycles. The van der Waals surface area contributed by atoms with Gasteiger partial charge in [-0.1, -0.05) is 17.7 Å². The smallest absolute Gasteiger partial charge is 0.323 e. The third kappa shape index (κ3) is 4.10. The topological polar surface area (TPSA) is 93.5 Å². The summed E-state index contributed by atoms with van der Waals surface area (Å²) < 4.78 is 5.05. The Morgan fingerprint density at radius 1 is 1.22 bits per heavy atom. The van der Waals surface area contributed by atoms with E-state index in [9.17, 15) is 14.9 Å². The predicted molar refractivity (Wildman–Crippen MR) is 88.5 cm³/mol. The Balaban J connectivity index is 2.13. The van der Waals surface area contributed by atoms with Gasteiger partial charge in [-0.05, 0) is 30.7 Å². The first-order valence-electron chi connectivity index (χ1n) is 6.57. The average molecular weight is 336 g/mol. The first-order valence-corrected chi connectivity index (χ1v) is 6.95. The maximum Gasteiger partial charge on any atom is 0.323 e. The maximum atomic E-state index is 12.0. The molecule has 7 nitrogen and oxygen atoms in total. The molecule has 120 valence electrons. The van der Waals surface area contributed by atoms with Crippen LogP contribution in [0.3, 0.4) is 0 Å². The van der Waals surface area contributed by atoms with Gasteiger partial charge in [-0.25, -0.2) is 4.79 Å². The Morgan fingerprint density at radius 3 is 2.57 bits per heavy atom. The molecule has 0 saturated carbocycles. The van der Waals surface area contributed by atoms with Gasteiger partial charge < -0.3 is 15.4 Å². The summed E-state index contributed by atoms with van der Waals surface area (Å²) in [6.07, 6.45) is 0. The molecule has 2 N–H and O–H groups in total. The van der Waals surface area contributed by atoms with E-state index in [-0.39, 0.29) is 11.4 Å². The highest BCUT2D eigenvalue weighted by atomic mass is 35.5. The van der Waals surface area contributed by atoms with E-state index in [0.717, 1.165) is 5.56 Å². The Morgan fingerprint density at radius 2 is 1.96 bits per heavy atom. The fraction of sp³-hybridized carbons (Fsp3) is 0.133. The van der Waals surface area contributed by atoms with Crippen molar-refractivity contribution in [3.63, 3.8) is 0 Å². The summed E-state index contributed by atoms with van der Waals surface area (Å²) in [6, 6.07) is 8.52. The number of nitrogens with one attached hydrogen (secondary N) is 2. The summed E-state index contributed by atoms with van der Waals surface area (Å²) in [5.74, 6) is 0.191. The van der Waals surface area contributed by atoms with Crippen molar-refractivity contribution in [2.45, 2.75) is 6.92 Å². The van der Waals surface area contributed by atoms with Crippen molar-refractivity contribution in [1.82, 2.24) is 0 Å². The Labute approximate surface area is 137 Å². The highest BCUT2D eigenvalue weighted by Gasteiger charge is 2.13. The zero-order chi connectivity index (χ0) is 17.0. The Hall–Kier alpha value is -2.80. The number of nitrogens with zero attached hydrogens (tertiary/aromatic N) is 1. The molecule has 0 heterocycles. The van der Waals surface area contributed by atoms with Gasteiger partial charge in [0.05, 0.1) is 23.8 Å². The van der Waals surface area contributed by atoms with Crippen molar-refractivity contribution in [2.75, 3.05) is 17.7 Å². The summed E-state index contributed by atoms with van der Waals surface area (Å²) >= 11 is 6.00. The number of carbonyl (C=O) groups is 1. The average Bonchev–Trinajstić information content (AvgIpc) is 2.51. The molecule has 2 aromatic carbocycles. The van der Waals surface area contributed by atoms with Crippen LogP contribution in [0.5, 0.6) is 5.75 Å². The Bertz CT molecular complexity index is 764. The molecule has 0 atom stereocenters. The van der Waals surface area contributed by atoms with Crippen molar-refractivity contribution in [3.05, 3.63) is 57.1 Å². The minimum atomic E-state index is -0.541. The molecule has 0 aliphatic carbocycles. The number of anilines is 2. The monoisotopic (exact) mass is 335 g/mol. The molecule has 0 bridgehead atoms. The molecule has 8 heteroatoms. The molecule has 23 heavy (non-hydrogen) atoms. The number of nitro groups is 1. The van der Waals surface area contributed by atoms with Crippen molar-refractivity contribution in [1.29, 1.82) is 0 Å². The molecular weight excluding hydrogens is 322 g/mol. The molecule has 0 aliphatic heterocycles. The molecule has 0 radical (unpaired) electrons. The number of non-ortho nitro benzene ring substituents is 1. The molecule has 2 aromatic rings. The van der Waals surface area contributed by atoms with E-state index in [1.165, 1.54) is 25.3 Å². The summed E-state index contributed by atoms with van der Waals surface area (Å²) in [6.45, 7) is 1.86. The van der Waals surface area contributed by atoms with Gasteiger partial charge in [-0.2, -0.15) is 0 Å². The van der Waals surface area contributed by atoms with Crippen LogP contribution >= 0.6 is 11.6 Å². The molecule has 0 unspecified atom stereocenters. The number of urea groups is 1. The number of benzene rings is 2. The van der Waals surface area contributed by atoms with Crippen LogP contribution in [0.15, 0.2) is 36.4 Å². The van der Waals surface area contributed by atoms with Gasteiger partial charge in [0.25, 0.3) is 5.69 Å². The fourth-order valence-electron chi connectivity index (χ4n) is 1.85. The van der Waals surface area contributed by atoms with E-state index in [1.807, 2.05) is 6.92 Å². The highest BCUT2D eigenvalue weighted by Crippen LogP contribution is 2.29. The lowest BCUT2D eigenvalue weighted by molar-refractivity contribution is -0.384. The quantitative estimate of drug-likeness (QED) is 0.646. The van der Waals surface area contributed by atoms with Gasteiger partial charge in [0.1, 0.15) is 5.75 Å². The van der Waals surface area contributed by atoms with E-state index in [0.29, 0.717) is 16.4 Å². The number of methoxy groups -OCH3 is 1. The third-order valence-electron chi connectivity index (χ3n) is 3.07. The van der Waals surface area contributed by atoms with E-state index in [4.69, 9.17) is 16.3 Å². The minimum Gasteiger partial charge on any atom is -0.494 e. The van der Waals surface area contributed by atoms with Crippen molar-refractivity contribution in [2.24, 2.45) is 0 Å². The Kier molecular flexibility index (Phi) is 5.02. The van der Waals surface area contributed by atoms with Crippen LogP contribution in [0.25, 0.3) is 0 Å². The summed E-state index contributed by atoms with van der Waals surface area (Å²) in [5, 5.41) is 16.5. The largest absolute Gasteiger partial charge is 0.494 e. The van der Waals surface area contributed by atoms with Gasteiger partial charge in [0.2, 0.25) is 0 Å². The molecule has 0 fully saturated rings. The lowest BCUT2D eigenvalue weighted by atomic mass is 10.2. The van der Waals surface area contributed by atoms with Crippen LogP contribution in [-0.4, -0.2) is 18.1 Å². The number of hydrogen-bond acceptors (Lipinski definition) is 4. The van der Waals surface area contributed by atoms with Gasteiger partial charge in [0.15, 0.2) is 0 Å². The van der Waals surface area contributed by atoms with Gasteiger partial charge >= 0.3 is 6.03 Å². The second-order valence-electron chi connectivity index (χ2n) is 4.68. The molecule has 2 amide bonds. The van der Waals surface area contributed by atoms with Crippen LogP contribution in [0, 0.1) is 17.0 Å². The molecule has 0 spiro atoms. The lowest BCUT2D eigenvalue weighted by Gasteiger charge is -2.11. The number of hydrogen-bond donors (Lipinski definition) is 2. The van der Waals surface area contributed by atoms with Crippen LogP contribution in [0.4, 0.5) is 21.9 Å². The fourth-order valence-corrected chi connectivity index (χ4v) is 2.03. The van der Waals surface area contributed by atoms with E-state index in [2.05, 4.69) is 10.6 Å². The normalized spacial score (nSPS) is 10.0. The highest BCUT2D eigenvalue weighted by molar-refractivity contribution is 6.31. The molecular formula is C15H14ClN3O4. The van der Waals surface area contributed by atoms with Crippen LogP contribution in [0.1, 0.15) is 5.56 Å². The van der Waals surface area contributed by atoms with Crippen molar-refractivity contribution in [3.8, 4) is 5.75 Å². The van der Waals surface area contributed by atoms with Gasteiger partial charge in [0, 0.05) is 16.8 Å². The summed E-state index contributed by atoms with van der Waals surface area (Å²) in [7, 11) is 1.36. The van der Waals surface area contributed by atoms with Crippen molar-refractivity contribution < 1.29 is 14.5 Å². The number of halogens is 1. The van der Waals surface area contributed by atoms with Crippen molar-refractivity contribution >= 4 is 34.7 Å². The number of nitro benzene ring substituents is 1. The van der Waals surface area contributed by atoms with Crippen LogP contribution in [-0.2, 0) is 0 Å². The zero-order valence-corrected chi connectivity index (χ0v) is 13.2. The standard InChI is InChI=1S/C15H14ClN3O4/c1-9-3-4-10(7-12(9)16)17-15(20)18-13-6-5-11(19(21)22)8-14(13)23-2/h3-8H,1-2H3,(H2,17,18,20). The summed E-state index contributed by atoms with van der Waals surface area (Å²) in [5.41, 5.74) is 1.61. The SMILES string of the molecule is COc1cc([N+](=O)[O-])ccc1NC(=O)Nc1ccc(C)c(Cl)c1. The van der Waals surface area contributed by atoms with Crippen LogP contribution < -0.4 is 15.4 Å². The second-order valence-corrected chi connectivity index (χ2v) is 5.09. The number of amides is 2. The van der Waals surface area contributed by atoms with E-state index in [1.54, 1.807) is 18.2 Å². The zero-order valence-electron chi connectivity index (χ0n) is 12.4. The summed E-state index contributed by atoms with van der Waals surface area (Å²) in [4.78, 5) is 22.2. The first-order chi connectivity index (χ1) is 10.9. The number of ether oxygens (including phenoxy) is 1. The number of rotatable bonds is 4. The third-order valence-corrected chi connectivity index (χ3v) is 3.48. The maximum absolute atomic E-state index is 12.0. The van der Waals surface area contributed by atoms with Crippen LogP contribution in [0.2, 0.25) is 5.02 Å². The van der Waals surface area contributed by atoms with E-state index < -0.39 is 11.0 Å². The van der Waals surface area contributed by atoms with Gasteiger partial charge in [-0.3, -0.25) is 10.1 Å². The molecule has 0 aromatic heterocycles. The number of carbonyl (C=O) groups excluding carboxylic acids is 1.